The minimum Gasteiger partial charge on any atom is -0.343 e. The molecule has 2 aromatic heterocycles. The predicted octanol–water partition coefficient (Wildman–Crippen LogP) is 2.55. The maximum atomic E-state index is 5.68. The molecule has 0 aliphatic heterocycles. The molecule has 68 valence electrons. The Morgan fingerprint density at radius 2 is 2.08 bits per heavy atom. The van der Waals surface area contributed by atoms with E-state index in [0.717, 1.165) is 11.4 Å². The van der Waals surface area contributed by atoms with Gasteiger partial charge in [0.1, 0.15) is 0 Å². The molecule has 13 heavy (non-hydrogen) atoms. The van der Waals surface area contributed by atoms with Crippen molar-refractivity contribution in [2.24, 2.45) is 0 Å². The fraction of sp³-hybridized carbons (Fsp3) is 0. The third-order valence-electron chi connectivity index (χ3n) is 1.50. The van der Waals surface area contributed by atoms with Crippen LogP contribution in [0.1, 0.15) is 0 Å². The molecule has 0 aliphatic carbocycles. The van der Waals surface area contributed by atoms with E-state index >= 15 is 0 Å². The van der Waals surface area contributed by atoms with Crippen LogP contribution >= 0.6 is 24.0 Å². The lowest BCUT2D eigenvalue weighted by molar-refractivity contribution is 1.27. The van der Waals surface area contributed by atoms with Crippen molar-refractivity contribution < 1.29 is 0 Å². The van der Waals surface area contributed by atoms with Crippen molar-refractivity contribution in [3.8, 4) is 11.4 Å². The normalized spacial score (nSPS) is 9.31. The van der Waals surface area contributed by atoms with E-state index in [-0.39, 0.29) is 12.4 Å². The van der Waals surface area contributed by atoms with Gasteiger partial charge < -0.3 is 4.98 Å². The van der Waals surface area contributed by atoms with Gasteiger partial charge in [0.2, 0.25) is 0 Å². The SMILES string of the molecule is Cl.Clc1ccc(-c2cnc[nH]2)nc1. The highest BCUT2D eigenvalue weighted by Crippen LogP contribution is 2.14. The van der Waals surface area contributed by atoms with Crippen molar-refractivity contribution >= 4 is 24.0 Å². The first-order chi connectivity index (χ1) is 5.86. The van der Waals surface area contributed by atoms with Crippen LogP contribution in [0.3, 0.4) is 0 Å². The molecule has 0 spiro atoms. The molecule has 0 atom stereocenters. The molecule has 3 nitrogen and oxygen atoms in total. The Bertz CT molecular complexity index is 355. The number of aromatic amines is 1. The van der Waals surface area contributed by atoms with Crippen molar-refractivity contribution in [3.63, 3.8) is 0 Å². The molecule has 0 bridgehead atoms. The summed E-state index contributed by atoms with van der Waals surface area (Å²) in [6.45, 7) is 0. The van der Waals surface area contributed by atoms with E-state index < -0.39 is 0 Å². The molecular weight excluding hydrogens is 209 g/mol. The summed E-state index contributed by atoms with van der Waals surface area (Å²) in [5.41, 5.74) is 1.74. The zero-order chi connectivity index (χ0) is 8.39. The van der Waals surface area contributed by atoms with Crippen LogP contribution < -0.4 is 0 Å². The minimum absolute atomic E-state index is 0. The second kappa shape index (κ2) is 4.25. The molecule has 0 saturated carbocycles. The van der Waals surface area contributed by atoms with Crippen LogP contribution in [-0.2, 0) is 0 Å². The zero-order valence-electron chi connectivity index (χ0n) is 6.57. The molecule has 1 N–H and O–H groups in total. The van der Waals surface area contributed by atoms with Crippen LogP contribution in [0.15, 0.2) is 30.9 Å². The summed E-state index contributed by atoms with van der Waals surface area (Å²) in [5.74, 6) is 0. The molecule has 0 fully saturated rings. The van der Waals surface area contributed by atoms with Gasteiger partial charge in [-0.05, 0) is 12.1 Å². The van der Waals surface area contributed by atoms with Gasteiger partial charge in [-0.3, -0.25) is 4.98 Å². The molecule has 0 aromatic carbocycles. The Hall–Kier alpha value is -1.06. The first-order valence-electron chi connectivity index (χ1n) is 3.46. The third-order valence-corrected chi connectivity index (χ3v) is 1.73. The van der Waals surface area contributed by atoms with E-state index in [1.807, 2.05) is 6.07 Å². The number of aromatic nitrogens is 3. The van der Waals surface area contributed by atoms with Gasteiger partial charge in [0.25, 0.3) is 0 Å². The van der Waals surface area contributed by atoms with Gasteiger partial charge in [0.05, 0.1) is 28.9 Å². The molecule has 2 rings (SSSR count). The standard InChI is InChI=1S/C8H6ClN3.ClH/c9-6-1-2-7(11-3-6)8-4-10-5-12-8;/h1-5H,(H,10,12);1H. The van der Waals surface area contributed by atoms with E-state index in [1.54, 1.807) is 24.8 Å². The first-order valence-corrected chi connectivity index (χ1v) is 3.84. The van der Waals surface area contributed by atoms with Gasteiger partial charge >= 0.3 is 0 Å². The van der Waals surface area contributed by atoms with E-state index in [9.17, 15) is 0 Å². The van der Waals surface area contributed by atoms with Gasteiger partial charge in [0.15, 0.2) is 0 Å². The van der Waals surface area contributed by atoms with Crippen LogP contribution in [0.2, 0.25) is 5.02 Å². The second-order valence-electron chi connectivity index (χ2n) is 2.33. The summed E-state index contributed by atoms with van der Waals surface area (Å²) < 4.78 is 0. The van der Waals surface area contributed by atoms with Crippen molar-refractivity contribution in [2.75, 3.05) is 0 Å². The Kier molecular flexibility index (Phi) is 3.28. The molecule has 2 heterocycles. The Morgan fingerprint density at radius 3 is 2.62 bits per heavy atom. The summed E-state index contributed by atoms with van der Waals surface area (Å²) in [4.78, 5) is 11.0. The van der Waals surface area contributed by atoms with E-state index in [0.29, 0.717) is 5.02 Å². The van der Waals surface area contributed by atoms with Crippen LogP contribution in [0.25, 0.3) is 11.4 Å². The van der Waals surface area contributed by atoms with Crippen LogP contribution in [0.4, 0.5) is 0 Å². The average molecular weight is 216 g/mol. The second-order valence-corrected chi connectivity index (χ2v) is 2.76. The number of hydrogen-bond donors (Lipinski definition) is 1. The summed E-state index contributed by atoms with van der Waals surface area (Å²) in [7, 11) is 0. The molecule has 0 radical (unpaired) electrons. The van der Waals surface area contributed by atoms with Crippen LogP contribution in [0.5, 0.6) is 0 Å². The Morgan fingerprint density at radius 1 is 1.23 bits per heavy atom. The summed E-state index contributed by atoms with van der Waals surface area (Å²) in [5, 5.41) is 0.637. The maximum Gasteiger partial charge on any atom is 0.0924 e. The fourth-order valence-corrected chi connectivity index (χ4v) is 1.04. The van der Waals surface area contributed by atoms with Gasteiger partial charge in [-0.2, -0.15) is 0 Å². The number of nitrogens with one attached hydrogen (secondary N) is 1. The highest BCUT2D eigenvalue weighted by Gasteiger charge is 1.98. The minimum atomic E-state index is 0. The van der Waals surface area contributed by atoms with Crippen LogP contribution in [-0.4, -0.2) is 15.0 Å². The molecule has 2 aromatic rings. The summed E-state index contributed by atoms with van der Waals surface area (Å²) in [6.07, 6.45) is 4.94. The fourth-order valence-electron chi connectivity index (χ4n) is 0.931. The monoisotopic (exact) mass is 215 g/mol. The number of hydrogen-bond acceptors (Lipinski definition) is 2. The molecule has 0 unspecified atom stereocenters. The first kappa shape index (κ1) is 10.0. The van der Waals surface area contributed by atoms with Crippen molar-refractivity contribution in [2.45, 2.75) is 0 Å². The smallest absolute Gasteiger partial charge is 0.0924 e. The molecule has 0 aliphatic rings. The number of H-pyrrole nitrogens is 1. The quantitative estimate of drug-likeness (QED) is 0.795. The highest BCUT2D eigenvalue weighted by molar-refractivity contribution is 6.30. The average Bonchev–Trinajstić information content (AvgIpc) is 2.58. The number of pyridine rings is 1. The highest BCUT2D eigenvalue weighted by atomic mass is 35.5. The Labute approximate surface area is 86.6 Å². The van der Waals surface area contributed by atoms with Gasteiger partial charge in [-0.15, -0.1) is 12.4 Å². The lowest BCUT2D eigenvalue weighted by Crippen LogP contribution is -1.81. The summed E-state index contributed by atoms with van der Waals surface area (Å²) in [6, 6.07) is 3.64. The Balaban J connectivity index is 0.000000845. The molecule has 5 heteroatoms. The van der Waals surface area contributed by atoms with Gasteiger partial charge in [-0.1, -0.05) is 11.6 Å². The number of imidazole rings is 1. The number of halogens is 2. The van der Waals surface area contributed by atoms with E-state index in [2.05, 4.69) is 15.0 Å². The largest absolute Gasteiger partial charge is 0.343 e. The third kappa shape index (κ3) is 2.20. The number of rotatable bonds is 1. The lowest BCUT2D eigenvalue weighted by Gasteiger charge is -1.94. The predicted molar refractivity (Wildman–Crippen MR) is 54.1 cm³/mol. The van der Waals surface area contributed by atoms with Crippen LogP contribution in [0, 0.1) is 0 Å². The van der Waals surface area contributed by atoms with E-state index in [1.165, 1.54) is 0 Å². The van der Waals surface area contributed by atoms with Crippen molar-refractivity contribution in [3.05, 3.63) is 35.9 Å². The molecular formula is C8H7Cl2N3. The summed E-state index contributed by atoms with van der Waals surface area (Å²) >= 11 is 5.68. The van der Waals surface area contributed by atoms with Crippen molar-refractivity contribution in [1.29, 1.82) is 0 Å². The lowest BCUT2D eigenvalue weighted by atomic mass is 10.3. The molecule has 0 saturated heterocycles. The zero-order valence-corrected chi connectivity index (χ0v) is 8.14. The van der Waals surface area contributed by atoms with Gasteiger partial charge in [-0.25, -0.2) is 4.98 Å². The van der Waals surface area contributed by atoms with E-state index in [4.69, 9.17) is 11.6 Å². The van der Waals surface area contributed by atoms with Crippen molar-refractivity contribution in [1.82, 2.24) is 15.0 Å². The number of nitrogens with zero attached hydrogens (tertiary/aromatic N) is 2. The maximum absolute atomic E-state index is 5.68. The van der Waals surface area contributed by atoms with Gasteiger partial charge in [0, 0.05) is 6.20 Å². The topological polar surface area (TPSA) is 41.6 Å². The molecule has 0 amide bonds.